The lowest BCUT2D eigenvalue weighted by Crippen LogP contribution is -1.97. The molecule has 102 valence electrons. The Labute approximate surface area is 142 Å². The molecule has 0 saturated carbocycles. The summed E-state index contributed by atoms with van der Waals surface area (Å²) >= 11 is 23.1. The van der Waals surface area contributed by atoms with Crippen LogP contribution >= 0.6 is 62.1 Å². The molecule has 0 fully saturated rings. The van der Waals surface area contributed by atoms with Crippen LogP contribution in [0, 0.1) is 0 Å². The zero-order valence-electron chi connectivity index (χ0n) is 9.62. The van der Waals surface area contributed by atoms with Crippen molar-refractivity contribution in [2.24, 2.45) is 0 Å². The molecule has 0 unspecified atom stereocenters. The van der Waals surface area contributed by atoms with Crippen LogP contribution in [0.1, 0.15) is 0 Å². The summed E-state index contributed by atoms with van der Waals surface area (Å²) in [6, 6.07) is 5.55. The first kappa shape index (κ1) is 14.4. The molecule has 0 aliphatic heterocycles. The Balaban J connectivity index is 2.10. The number of benzene rings is 1. The van der Waals surface area contributed by atoms with Gasteiger partial charge in [0.25, 0.3) is 0 Å². The predicted octanol–water partition coefficient (Wildman–Crippen LogP) is 6.16. The van der Waals surface area contributed by atoms with Crippen LogP contribution in [-0.4, -0.2) is 9.97 Å². The van der Waals surface area contributed by atoms with Crippen molar-refractivity contribution in [3.05, 3.63) is 43.4 Å². The summed E-state index contributed by atoms with van der Waals surface area (Å²) in [5, 5.41) is 7.00. The van der Waals surface area contributed by atoms with E-state index >= 15 is 0 Å². The minimum Gasteiger partial charge on any atom is -0.338 e. The Bertz CT molecular complexity index is 806. The van der Waals surface area contributed by atoms with E-state index in [1.165, 1.54) is 11.3 Å². The van der Waals surface area contributed by atoms with Gasteiger partial charge in [-0.15, -0.1) is 11.3 Å². The molecule has 3 nitrogen and oxygen atoms in total. The topological polar surface area (TPSA) is 37.8 Å². The third-order valence-electron chi connectivity index (χ3n) is 2.59. The fourth-order valence-corrected chi connectivity index (χ4v) is 3.48. The first-order valence-corrected chi connectivity index (χ1v) is 8.18. The standard InChI is InChI=1S/C12H5BrCl3N3S/c13-6-1-2-7(9(15)8(6)14)17-10-5-3-4-20-11(5)19-12(16)18-10/h1-4H,(H,17,18,19). The maximum atomic E-state index is 6.22. The molecule has 8 heteroatoms. The Kier molecular flexibility index (Phi) is 4.06. The van der Waals surface area contributed by atoms with Gasteiger partial charge >= 0.3 is 0 Å². The van der Waals surface area contributed by atoms with E-state index in [4.69, 9.17) is 34.8 Å². The van der Waals surface area contributed by atoms with E-state index in [-0.39, 0.29) is 5.28 Å². The van der Waals surface area contributed by atoms with Crippen LogP contribution in [0.5, 0.6) is 0 Å². The maximum Gasteiger partial charge on any atom is 0.225 e. The second-order valence-electron chi connectivity index (χ2n) is 3.83. The van der Waals surface area contributed by atoms with Gasteiger partial charge in [-0.3, -0.25) is 0 Å². The molecule has 0 saturated heterocycles. The molecular weight excluding hydrogens is 404 g/mol. The molecule has 2 heterocycles. The van der Waals surface area contributed by atoms with Crippen LogP contribution in [0.4, 0.5) is 11.5 Å². The highest BCUT2D eigenvalue weighted by molar-refractivity contribution is 9.10. The number of aromatic nitrogens is 2. The van der Waals surface area contributed by atoms with Gasteiger partial charge in [0.05, 0.1) is 21.1 Å². The number of anilines is 2. The van der Waals surface area contributed by atoms with E-state index in [0.29, 0.717) is 21.6 Å². The molecule has 1 aromatic carbocycles. The van der Waals surface area contributed by atoms with Gasteiger partial charge in [0.1, 0.15) is 10.6 Å². The molecule has 20 heavy (non-hydrogen) atoms. The molecule has 0 amide bonds. The van der Waals surface area contributed by atoms with Gasteiger partial charge in [-0.05, 0) is 51.1 Å². The second-order valence-corrected chi connectivity index (χ2v) is 6.67. The third kappa shape index (κ3) is 2.61. The number of halogens is 4. The number of fused-ring (bicyclic) bond motifs is 1. The van der Waals surface area contributed by atoms with Gasteiger partial charge in [0.15, 0.2) is 0 Å². The summed E-state index contributed by atoms with van der Waals surface area (Å²) in [5.74, 6) is 0.599. The van der Waals surface area contributed by atoms with E-state index in [1.807, 2.05) is 23.6 Å². The monoisotopic (exact) mass is 407 g/mol. The molecule has 2 aromatic heterocycles. The Morgan fingerprint density at radius 1 is 1.05 bits per heavy atom. The normalized spacial score (nSPS) is 11.0. The fourth-order valence-electron chi connectivity index (χ4n) is 1.67. The predicted molar refractivity (Wildman–Crippen MR) is 89.9 cm³/mol. The van der Waals surface area contributed by atoms with E-state index in [2.05, 4.69) is 31.2 Å². The first-order chi connectivity index (χ1) is 9.56. The summed E-state index contributed by atoms with van der Waals surface area (Å²) in [5.41, 5.74) is 0.655. The number of nitrogens with zero attached hydrogens (tertiary/aromatic N) is 2. The summed E-state index contributed by atoms with van der Waals surface area (Å²) in [6.45, 7) is 0. The molecule has 0 radical (unpaired) electrons. The lowest BCUT2D eigenvalue weighted by molar-refractivity contribution is 1.23. The number of thiophene rings is 1. The molecule has 0 aliphatic carbocycles. The molecule has 0 aliphatic rings. The van der Waals surface area contributed by atoms with Gasteiger partial charge in [-0.2, -0.15) is 4.98 Å². The number of hydrogen-bond donors (Lipinski definition) is 1. The van der Waals surface area contributed by atoms with Crippen LogP contribution in [0.25, 0.3) is 10.2 Å². The summed E-state index contributed by atoms with van der Waals surface area (Å²) in [7, 11) is 0. The first-order valence-electron chi connectivity index (χ1n) is 5.37. The van der Waals surface area contributed by atoms with Crippen LogP contribution in [0.3, 0.4) is 0 Å². The van der Waals surface area contributed by atoms with E-state index in [1.54, 1.807) is 0 Å². The van der Waals surface area contributed by atoms with Crippen molar-refractivity contribution in [3.8, 4) is 0 Å². The van der Waals surface area contributed by atoms with Crippen LogP contribution in [0.15, 0.2) is 28.1 Å². The van der Waals surface area contributed by atoms with Crippen molar-refractivity contribution in [1.82, 2.24) is 9.97 Å². The van der Waals surface area contributed by atoms with Gasteiger partial charge in [0.2, 0.25) is 5.28 Å². The van der Waals surface area contributed by atoms with Crippen molar-refractivity contribution in [2.75, 3.05) is 5.32 Å². The van der Waals surface area contributed by atoms with Gasteiger partial charge in [0, 0.05) is 4.47 Å². The lowest BCUT2D eigenvalue weighted by atomic mass is 10.3. The maximum absolute atomic E-state index is 6.22. The fraction of sp³-hybridized carbons (Fsp3) is 0. The third-order valence-corrected chi connectivity index (χ3v) is 5.33. The highest BCUT2D eigenvalue weighted by Crippen LogP contribution is 2.38. The van der Waals surface area contributed by atoms with Crippen molar-refractivity contribution < 1.29 is 0 Å². The lowest BCUT2D eigenvalue weighted by Gasteiger charge is -2.10. The average molecular weight is 410 g/mol. The van der Waals surface area contributed by atoms with Crippen LogP contribution in [0.2, 0.25) is 15.3 Å². The van der Waals surface area contributed by atoms with Crippen molar-refractivity contribution in [1.29, 1.82) is 0 Å². The molecule has 0 atom stereocenters. The van der Waals surface area contributed by atoms with Crippen molar-refractivity contribution in [3.63, 3.8) is 0 Å². The quantitative estimate of drug-likeness (QED) is 0.407. The van der Waals surface area contributed by atoms with Crippen LogP contribution in [-0.2, 0) is 0 Å². The SMILES string of the molecule is Clc1nc(Nc2ccc(Br)c(Cl)c2Cl)c2ccsc2n1. The summed E-state index contributed by atoms with van der Waals surface area (Å²) < 4.78 is 0.733. The smallest absolute Gasteiger partial charge is 0.225 e. The van der Waals surface area contributed by atoms with E-state index in [0.717, 1.165) is 14.7 Å². The van der Waals surface area contributed by atoms with Gasteiger partial charge < -0.3 is 5.32 Å². The minimum atomic E-state index is 0.182. The molecule has 3 rings (SSSR count). The van der Waals surface area contributed by atoms with Crippen LogP contribution < -0.4 is 5.32 Å². The molecule has 1 N–H and O–H groups in total. The molecule has 3 aromatic rings. The largest absolute Gasteiger partial charge is 0.338 e. The highest BCUT2D eigenvalue weighted by Gasteiger charge is 2.12. The van der Waals surface area contributed by atoms with E-state index < -0.39 is 0 Å². The van der Waals surface area contributed by atoms with Crippen molar-refractivity contribution >= 4 is 83.8 Å². The van der Waals surface area contributed by atoms with Gasteiger partial charge in [-0.25, -0.2) is 4.98 Å². The zero-order chi connectivity index (χ0) is 14.3. The van der Waals surface area contributed by atoms with Crippen molar-refractivity contribution in [2.45, 2.75) is 0 Å². The average Bonchev–Trinajstić information content (AvgIpc) is 2.87. The second kappa shape index (κ2) is 5.66. The molecule has 0 spiro atoms. The molecule has 0 bridgehead atoms. The zero-order valence-corrected chi connectivity index (χ0v) is 14.3. The Hall–Kier alpha value is -0.590. The Morgan fingerprint density at radius 2 is 1.85 bits per heavy atom. The summed E-state index contributed by atoms with van der Waals surface area (Å²) in [6.07, 6.45) is 0. The molecular formula is C12H5BrCl3N3S. The summed E-state index contributed by atoms with van der Waals surface area (Å²) in [4.78, 5) is 9.17. The number of rotatable bonds is 2. The van der Waals surface area contributed by atoms with E-state index in [9.17, 15) is 0 Å². The number of nitrogens with one attached hydrogen (secondary N) is 1. The highest BCUT2D eigenvalue weighted by atomic mass is 79.9. The van der Waals surface area contributed by atoms with Gasteiger partial charge in [-0.1, -0.05) is 23.2 Å². The Morgan fingerprint density at radius 3 is 2.65 bits per heavy atom. The number of hydrogen-bond acceptors (Lipinski definition) is 4. The minimum absolute atomic E-state index is 0.182.